The second-order valence-corrected chi connectivity index (χ2v) is 8.73. The molecule has 4 N–H and O–H groups in total. The van der Waals surface area contributed by atoms with E-state index in [0.29, 0.717) is 41.5 Å². The summed E-state index contributed by atoms with van der Waals surface area (Å²) in [6, 6.07) is 13.2. The Morgan fingerprint density at radius 1 is 0.879 bits per heavy atom. The lowest BCUT2D eigenvalue weighted by Crippen LogP contribution is -2.48. The summed E-state index contributed by atoms with van der Waals surface area (Å²) >= 11 is 5.08. The van der Waals surface area contributed by atoms with Gasteiger partial charge in [0.05, 0.1) is 6.61 Å². The van der Waals surface area contributed by atoms with Crippen LogP contribution in [-0.2, 0) is 4.79 Å². The van der Waals surface area contributed by atoms with Gasteiger partial charge in [0, 0.05) is 23.2 Å². The molecule has 33 heavy (non-hydrogen) atoms. The zero-order valence-electron chi connectivity index (χ0n) is 19.2. The predicted molar refractivity (Wildman–Crippen MR) is 132 cm³/mol. The van der Waals surface area contributed by atoms with E-state index in [1.165, 1.54) is 0 Å². The van der Waals surface area contributed by atoms with Gasteiger partial charge in [-0.05, 0) is 66.5 Å². The van der Waals surface area contributed by atoms with Gasteiger partial charge in [0.1, 0.15) is 5.75 Å². The molecule has 0 aliphatic rings. The third kappa shape index (κ3) is 9.28. The van der Waals surface area contributed by atoms with E-state index in [1.807, 2.05) is 27.7 Å². The molecular formula is C24H30N4O4S. The molecule has 9 heteroatoms. The van der Waals surface area contributed by atoms with Crippen LogP contribution in [0.2, 0.25) is 0 Å². The first-order valence-corrected chi connectivity index (χ1v) is 11.1. The summed E-state index contributed by atoms with van der Waals surface area (Å²) in [5.74, 6) is 0.249. The van der Waals surface area contributed by atoms with E-state index in [1.54, 1.807) is 48.5 Å². The number of benzene rings is 2. The van der Waals surface area contributed by atoms with Gasteiger partial charge in [-0.1, -0.05) is 33.8 Å². The highest BCUT2D eigenvalue weighted by atomic mass is 32.1. The molecule has 0 saturated carbocycles. The number of rotatable bonds is 8. The summed E-state index contributed by atoms with van der Waals surface area (Å²) < 4.78 is 5.63. The summed E-state index contributed by atoms with van der Waals surface area (Å²) in [7, 11) is 0. The smallest absolute Gasteiger partial charge is 0.269 e. The molecular weight excluding hydrogens is 440 g/mol. The molecule has 0 aromatic heterocycles. The SMILES string of the molecule is CC(C)COc1cccc(C(=O)NC(=S)NNC(=O)c2ccc(NC(=O)CC(C)C)cc2)c1. The summed E-state index contributed by atoms with van der Waals surface area (Å²) in [6.45, 7) is 8.55. The number of thiocarbonyl (C=S) groups is 1. The van der Waals surface area contributed by atoms with Gasteiger partial charge in [-0.3, -0.25) is 30.6 Å². The Hall–Kier alpha value is -3.46. The zero-order chi connectivity index (χ0) is 24.4. The van der Waals surface area contributed by atoms with Crippen LogP contribution in [0.15, 0.2) is 48.5 Å². The van der Waals surface area contributed by atoms with Crippen molar-refractivity contribution in [3.63, 3.8) is 0 Å². The quantitative estimate of drug-likeness (QED) is 0.346. The summed E-state index contributed by atoms with van der Waals surface area (Å²) in [4.78, 5) is 36.5. The minimum absolute atomic E-state index is 0.0561. The molecule has 0 unspecified atom stereocenters. The summed E-state index contributed by atoms with van der Waals surface area (Å²) in [5.41, 5.74) is 6.27. The highest BCUT2D eigenvalue weighted by molar-refractivity contribution is 7.80. The van der Waals surface area contributed by atoms with Gasteiger partial charge in [-0.25, -0.2) is 0 Å². The number of nitrogens with one attached hydrogen (secondary N) is 4. The van der Waals surface area contributed by atoms with E-state index in [9.17, 15) is 14.4 Å². The first-order valence-electron chi connectivity index (χ1n) is 10.7. The number of carbonyl (C=O) groups excluding carboxylic acids is 3. The maximum absolute atomic E-state index is 12.4. The van der Waals surface area contributed by atoms with Crippen molar-refractivity contribution < 1.29 is 19.1 Å². The number of hydrazine groups is 1. The van der Waals surface area contributed by atoms with Crippen molar-refractivity contribution in [2.75, 3.05) is 11.9 Å². The lowest BCUT2D eigenvalue weighted by atomic mass is 10.1. The van der Waals surface area contributed by atoms with E-state index in [0.717, 1.165) is 0 Å². The zero-order valence-corrected chi connectivity index (χ0v) is 20.0. The number of carbonyl (C=O) groups is 3. The fraction of sp³-hybridized carbons (Fsp3) is 0.333. The molecule has 2 rings (SSSR count). The molecule has 3 amide bonds. The second-order valence-electron chi connectivity index (χ2n) is 8.32. The fourth-order valence-electron chi connectivity index (χ4n) is 2.67. The van der Waals surface area contributed by atoms with Gasteiger partial charge in [0.2, 0.25) is 5.91 Å². The fourth-order valence-corrected chi connectivity index (χ4v) is 2.81. The Morgan fingerprint density at radius 2 is 1.58 bits per heavy atom. The van der Waals surface area contributed by atoms with Crippen molar-refractivity contribution in [2.24, 2.45) is 11.8 Å². The topological polar surface area (TPSA) is 109 Å². The first-order chi connectivity index (χ1) is 15.6. The highest BCUT2D eigenvalue weighted by Gasteiger charge is 2.11. The van der Waals surface area contributed by atoms with E-state index >= 15 is 0 Å². The van der Waals surface area contributed by atoms with Crippen LogP contribution in [0.4, 0.5) is 5.69 Å². The van der Waals surface area contributed by atoms with Crippen molar-refractivity contribution in [1.29, 1.82) is 0 Å². The molecule has 0 heterocycles. The maximum atomic E-state index is 12.4. The van der Waals surface area contributed by atoms with Crippen LogP contribution < -0.4 is 26.2 Å². The van der Waals surface area contributed by atoms with E-state index < -0.39 is 11.8 Å². The van der Waals surface area contributed by atoms with E-state index in [-0.39, 0.29) is 16.9 Å². The third-order valence-electron chi connectivity index (χ3n) is 4.22. The number of amides is 3. The number of hydrogen-bond acceptors (Lipinski definition) is 5. The van der Waals surface area contributed by atoms with Crippen LogP contribution in [0.25, 0.3) is 0 Å². The van der Waals surface area contributed by atoms with Crippen LogP contribution in [0.3, 0.4) is 0 Å². The predicted octanol–water partition coefficient (Wildman–Crippen LogP) is 3.66. The van der Waals surface area contributed by atoms with Gasteiger partial charge >= 0.3 is 0 Å². The molecule has 2 aromatic rings. The van der Waals surface area contributed by atoms with Crippen molar-refractivity contribution >= 4 is 40.7 Å². The Balaban J connectivity index is 1.83. The minimum Gasteiger partial charge on any atom is -0.493 e. The standard InChI is InChI=1S/C24H30N4O4S/c1-15(2)12-21(29)25-19-10-8-17(9-11-19)23(31)27-28-24(33)26-22(30)18-6-5-7-20(13-18)32-14-16(3)4/h5-11,13,15-16H,12,14H2,1-4H3,(H,25,29)(H,27,31)(H2,26,28,30,33). The highest BCUT2D eigenvalue weighted by Crippen LogP contribution is 2.14. The summed E-state index contributed by atoms with van der Waals surface area (Å²) in [6.07, 6.45) is 0.421. The average molecular weight is 471 g/mol. The molecule has 0 fully saturated rings. The van der Waals surface area contributed by atoms with Gasteiger partial charge < -0.3 is 10.1 Å². The summed E-state index contributed by atoms with van der Waals surface area (Å²) in [5, 5.41) is 5.23. The van der Waals surface area contributed by atoms with Gasteiger partial charge in [0.15, 0.2) is 5.11 Å². The van der Waals surface area contributed by atoms with Crippen LogP contribution in [-0.4, -0.2) is 29.4 Å². The van der Waals surface area contributed by atoms with Gasteiger partial charge in [-0.2, -0.15) is 0 Å². The van der Waals surface area contributed by atoms with Gasteiger partial charge in [-0.15, -0.1) is 0 Å². The number of hydrogen-bond donors (Lipinski definition) is 4. The molecule has 0 bridgehead atoms. The monoisotopic (exact) mass is 470 g/mol. The van der Waals surface area contributed by atoms with E-state index in [2.05, 4.69) is 21.5 Å². The Bertz CT molecular complexity index is 990. The Morgan fingerprint density at radius 3 is 2.21 bits per heavy atom. The molecule has 0 spiro atoms. The molecule has 0 radical (unpaired) electrons. The molecule has 0 aliphatic carbocycles. The molecule has 176 valence electrons. The van der Waals surface area contributed by atoms with Crippen molar-refractivity contribution in [1.82, 2.24) is 16.2 Å². The average Bonchev–Trinajstić information content (AvgIpc) is 2.76. The minimum atomic E-state index is -0.448. The number of ether oxygens (including phenoxy) is 1. The lowest BCUT2D eigenvalue weighted by molar-refractivity contribution is -0.116. The lowest BCUT2D eigenvalue weighted by Gasteiger charge is -2.12. The largest absolute Gasteiger partial charge is 0.493 e. The molecule has 8 nitrogen and oxygen atoms in total. The Labute approximate surface area is 199 Å². The van der Waals surface area contributed by atoms with Crippen LogP contribution in [0, 0.1) is 11.8 Å². The van der Waals surface area contributed by atoms with Gasteiger partial charge in [0.25, 0.3) is 11.8 Å². The molecule has 0 saturated heterocycles. The van der Waals surface area contributed by atoms with Crippen LogP contribution >= 0.6 is 12.2 Å². The van der Waals surface area contributed by atoms with E-state index in [4.69, 9.17) is 17.0 Å². The molecule has 0 atom stereocenters. The molecule has 0 aliphatic heterocycles. The second kappa shape index (κ2) is 12.5. The number of anilines is 1. The van der Waals surface area contributed by atoms with Crippen LogP contribution in [0.1, 0.15) is 54.8 Å². The first kappa shape index (κ1) is 25.8. The van der Waals surface area contributed by atoms with Crippen molar-refractivity contribution in [2.45, 2.75) is 34.1 Å². The van der Waals surface area contributed by atoms with Crippen LogP contribution in [0.5, 0.6) is 5.75 Å². The van der Waals surface area contributed by atoms with Crippen molar-refractivity contribution in [3.8, 4) is 5.75 Å². The van der Waals surface area contributed by atoms with Crippen molar-refractivity contribution in [3.05, 3.63) is 59.7 Å². The third-order valence-corrected chi connectivity index (χ3v) is 4.42. The Kier molecular flexibility index (Phi) is 9.81. The normalized spacial score (nSPS) is 10.5. The maximum Gasteiger partial charge on any atom is 0.269 e. The molecule has 2 aromatic carbocycles.